The fourth-order valence-electron chi connectivity index (χ4n) is 3.58. The van der Waals surface area contributed by atoms with Crippen LogP contribution in [0.15, 0.2) is 0 Å². The minimum Gasteiger partial charge on any atom is -0.550 e. The van der Waals surface area contributed by atoms with Gasteiger partial charge in [-0.3, -0.25) is 4.79 Å². The molecule has 0 radical (unpaired) electrons. The monoisotopic (exact) mass is 327 g/mol. The van der Waals surface area contributed by atoms with Crippen LogP contribution in [-0.4, -0.2) is 72.1 Å². The van der Waals surface area contributed by atoms with Gasteiger partial charge < -0.3 is 24.9 Å². The van der Waals surface area contributed by atoms with Gasteiger partial charge in [0.2, 0.25) is 5.91 Å². The van der Waals surface area contributed by atoms with Gasteiger partial charge in [-0.1, -0.05) is 0 Å². The number of aliphatic carboxylic acids is 1. The molecular weight excluding hydrogens is 302 g/mol. The Balaban J connectivity index is 2.15. The van der Waals surface area contributed by atoms with E-state index in [1.54, 1.807) is 0 Å². The van der Waals surface area contributed by atoms with Gasteiger partial charge in [0.25, 0.3) is 0 Å². The summed E-state index contributed by atoms with van der Waals surface area (Å²) in [7, 11) is 1.30. The zero-order valence-electron chi connectivity index (χ0n) is 13.9. The van der Waals surface area contributed by atoms with E-state index in [0.717, 1.165) is 6.67 Å². The van der Waals surface area contributed by atoms with Crippen molar-refractivity contribution in [2.45, 2.75) is 57.3 Å². The number of fused-ring (bicyclic) bond motifs is 1. The molecule has 2 saturated heterocycles. The highest BCUT2D eigenvalue weighted by atomic mass is 16.5. The highest BCUT2D eigenvalue weighted by Crippen LogP contribution is 2.25. The predicted molar refractivity (Wildman–Crippen MR) is 77.7 cm³/mol. The predicted octanol–water partition coefficient (Wildman–Crippen LogP) is -2.73. The minimum absolute atomic E-state index is 0.154. The van der Waals surface area contributed by atoms with Crippen molar-refractivity contribution in [1.82, 2.24) is 9.80 Å². The molecule has 8 heteroatoms. The fourth-order valence-corrected chi connectivity index (χ4v) is 3.58. The van der Waals surface area contributed by atoms with Crippen LogP contribution < -0.4 is 10.4 Å². The number of hydrogen-bond acceptors (Lipinski definition) is 6. The Morgan fingerprint density at radius 3 is 2.57 bits per heavy atom. The molecule has 1 amide bonds. The van der Waals surface area contributed by atoms with Gasteiger partial charge in [0, 0.05) is 31.4 Å². The number of carbonyl (C=O) groups is 3. The summed E-state index contributed by atoms with van der Waals surface area (Å²) in [4.78, 5) is 38.8. The number of methoxy groups -OCH3 is 1. The Morgan fingerprint density at radius 1 is 1.30 bits per heavy atom. The summed E-state index contributed by atoms with van der Waals surface area (Å²) in [5.74, 6) is -2.04. The van der Waals surface area contributed by atoms with E-state index in [2.05, 4.69) is 24.1 Å². The molecule has 0 saturated carbocycles. The number of carboxylic acids is 1. The first-order valence-electron chi connectivity index (χ1n) is 8.01. The quantitative estimate of drug-likeness (QED) is 0.550. The lowest BCUT2D eigenvalue weighted by Crippen LogP contribution is -2.89. The first-order chi connectivity index (χ1) is 10.8. The molecule has 3 atom stereocenters. The Bertz CT molecular complexity index is 482. The zero-order chi connectivity index (χ0) is 17.1. The molecule has 0 aromatic carbocycles. The van der Waals surface area contributed by atoms with Crippen LogP contribution in [0.1, 0.15) is 33.1 Å². The Kier molecular flexibility index (Phi) is 5.59. The standard InChI is InChI=1S/C15H25N3O5/c1-9(2)18-8-16-10-6-11(15(22)23-3)17(7-12(10)18)13(19)4-5-14(20)21/h9-12,16H,4-8H2,1-3H3,(H,20,21). The summed E-state index contributed by atoms with van der Waals surface area (Å²) < 4.78 is 4.83. The molecule has 0 bridgehead atoms. The van der Waals surface area contributed by atoms with Gasteiger partial charge in [-0.2, -0.15) is 0 Å². The van der Waals surface area contributed by atoms with Crippen LogP contribution in [0, 0.1) is 0 Å². The lowest BCUT2D eigenvalue weighted by atomic mass is 9.92. The van der Waals surface area contributed by atoms with E-state index in [4.69, 9.17) is 4.74 Å². The molecule has 0 aliphatic carbocycles. The van der Waals surface area contributed by atoms with E-state index < -0.39 is 18.0 Å². The van der Waals surface area contributed by atoms with E-state index >= 15 is 0 Å². The third-order valence-corrected chi connectivity index (χ3v) is 4.79. The Hall–Kier alpha value is -1.67. The summed E-state index contributed by atoms with van der Waals surface area (Å²) in [5, 5.41) is 12.8. The van der Waals surface area contributed by atoms with Crippen molar-refractivity contribution < 1.29 is 29.5 Å². The highest BCUT2D eigenvalue weighted by molar-refractivity contribution is 5.86. The van der Waals surface area contributed by atoms with Crippen molar-refractivity contribution in [2.24, 2.45) is 0 Å². The number of quaternary nitrogens is 1. The third kappa shape index (κ3) is 3.81. The normalized spacial score (nSPS) is 27.8. The van der Waals surface area contributed by atoms with E-state index in [1.807, 2.05) is 0 Å². The third-order valence-electron chi connectivity index (χ3n) is 4.79. The van der Waals surface area contributed by atoms with E-state index in [0.29, 0.717) is 19.0 Å². The van der Waals surface area contributed by atoms with Crippen LogP contribution in [0.4, 0.5) is 0 Å². The number of nitrogens with two attached hydrogens (primary N) is 1. The van der Waals surface area contributed by atoms with Crippen molar-refractivity contribution in [2.75, 3.05) is 20.3 Å². The van der Waals surface area contributed by atoms with Crippen molar-refractivity contribution in [3.63, 3.8) is 0 Å². The molecule has 2 N–H and O–H groups in total. The average Bonchev–Trinajstić information content (AvgIpc) is 2.93. The first-order valence-corrected chi connectivity index (χ1v) is 8.01. The lowest BCUT2D eigenvalue weighted by Gasteiger charge is -2.41. The summed E-state index contributed by atoms with van der Waals surface area (Å²) in [6.07, 6.45) is 0.0353. The van der Waals surface area contributed by atoms with Crippen LogP contribution in [0.3, 0.4) is 0 Å². The Morgan fingerprint density at radius 2 is 2.00 bits per heavy atom. The number of nitrogens with zero attached hydrogens (tertiary/aromatic N) is 2. The molecule has 0 spiro atoms. The van der Waals surface area contributed by atoms with Gasteiger partial charge in [-0.25, -0.2) is 9.69 Å². The molecule has 2 heterocycles. The smallest absolute Gasteiger partial charge is 0.328 e. The minimum atomic E-state index is -1.26. The van der Waals surface area contributed by atoms with Gasteiger partial charge >= 0.3 is 5.97 Å². The molecule has 130 valence electrons. The number of likely N-dealkylation sites (tertiary alicyclic amines) is 1. The van der Waals surface area contributed by atoms with Gasteiger partial charge in [0.05, 0.1) is 13.2 Å². The second kappa shape index (κ2) is 7.27. The molecule has 2 aliphatic rings. The average molecular weight is 327 g/mol. The molecule has 3 unspecified atom stereocenters. The van der Waals surface area contributed by atoms with Gasteiger partial charge in [-0.15, -0.1) is 0 Å². The lowest BCUT2D eigenvalue weighted by molar-refractivity contribution is -0.678. The maximum absolute atomic E-state index is 12.4. The molecule has 0 aromatic rings. The largest absolute Gasteiger partial charge is 0.550 e. The molecule has 2 aliphatic heterocycles. The van der Waals surface area contributed by atoms with Crippen molar-refractivity contribution in [3.05, 3.63) is 0 Å². The SMILES string of the molecule is COC(=O)C1CC2[NH2+]CN(C(C)C)C2CN1C(=O)CCC(=O)[O-]. The maximum atomic E-state index is 12.4. The fraction of sp³-hybridized carbons (Fsp3) is 0.800. The molecule has 2 fully saturated rings. The number of ether oxygens (including phenoxy) is 1. The second-order valence-electron chi connectivity index (χ2n) is 6.45. The molecule has 2 rings (SSSR count). The summed E-state index contributed by atoms with van der Waals surface area (Å²) in [6.45, 7) is 5.46. The maximum Gasteiger partial charge on any atom is 0.328 e. The van der Waals surface area contributed by atoms with Crippen molar-refractivity contribution >= 4 is 17.8 Å². The number of carbonyl (C=O) groups excluding carboxylic acids is 3. The molecule has 0 aromatic heterocycles. The number of rotatable bonds is 5. The number of amides is 1. The number of esters is 1. The van der Waals surface area contributed by atoms with Crippen LogP contribution in [0.5, 0.6) is 0 Å². The first kappa shape index (κ1) is 17.7. The van der Waals surface area contributed by atoms with Gasteiger partial charge in [-0.05, 0) is 20.3 Å². The second-order valence-corrected chi connectivity index (χ2v) is 6.45. The van der Waals surface area contributed by atoms with Crippen molar-refractivity contribution in [3.8, 4) is 0 Å². The highest BCUT2D eigenvalue weighted by Gasteiger charge is 2.49. The molecular formula is C15H25N3O5. The van der Waals surface area contributed by atoms with Crippen LogP contribution in [0.25, 0.3) is 0 Å². The van der Waals surface area contributed by atoms with Crippen LogP contribution in [0.2, 0.25) is 0 Å². The van der Waals surface area contributed by atoms with E-state index in [1.165, 1.54) is 12.0 Å². The van der Waals surface area contributed by atoms with Gasteiger partial charge in [0.1, 0.15) is 18.8 Å². The van der Waals surface area contributed by atoms with Gasteiger partial charge in [0.15, 0.2) is 0 Å². The molecule has 8 nitrogen and oxygen atoms in total. The molecule has 23 heavy (non-hydrogen) atoms. The number of piperidine rings is 1. The van der Waals surface area contributed by atoms with E-state index in [-0.39, 0.29) is 30.8 Å². The summed E-state index contributed by atoms with van der Waals surface area (Å²) in [6, 6.07) is 0.115. The summed E-state index contributed by atoms with van der Waals surface area (Å²) in [5.41, 5.74) is 0. The summed E-state index contributed by atoms with van der Waals surface area (Å²) >= 11 is 0. The zero-order valence-corrected chi connectivity index (χ0v) is 13.9. The van der Waals surface area contributed by atoms with Crippen LogP contribution in [-0.2, 0) is 19.1 Å². The number of carboxylic acid groups (broad SMARTS) is 1. The van der Waals surface area contributed by atoms with Crippen LogP contribution >= 0.6 is 0 Å². The topological polar surface area (TPSA) is 107 Å². The van der Waals surface area contributed by atoms with E-state index in [9.17, 15) is 19.5 Å². The number of hydrogen-bond donors (Lipinski definition) is 1. The van der Waals surface area contributed by atoms with Crippen molar-refractivity contribution in [1.29, 1.82) is 0 Å². The Labute approximate surface area is 135 Å².